The number of benzene rings is 3. The number of ketones is 1. The predicted octanol–water partition coefficient (Wildman–Crippen LogP) is 6.51. The summed E-state index contributed by atoms with van der Waals surface area (Å²) in [6, 6.07) is 18.5. The zero-order valence-electron chi connectivity index (χ0n) is 39.4. The number of nitrogens with zero attached hydrogens (tertiary/aromatic N) is 3. The highest BCUT2D eigenvalue weighted by atomic mass is 32.2. The minimum atomic E-state index is -2.07. The van der Waals surface area contributed by atoms with Crippen LogP contribution in [0.25, 0.3) is 11.1 Å². The van der Waals surface area contributed by atoms with Gasteiger partial charge in [0.15, 0.2) is 41.2 Å². The number of alkyl carbamates (subject to hydrolysis) is 1. The molecule has 9 rings (SSSR count). The second-order valence-corrected chi connectivity index (χ2v) is 20.1. The van der Waals surface area contributed by atoms with Crippen LogP contribution in [0.15, 0.2) is 77.3 Å². The number of carbonyl (C=O) groups excluding carboxylic acids is 2. The molecule has 3 aromatic rings. The Labute approximate surface area is 396 Å². The molecular formula is C51H60N4O11S. The van der Waals surface area contributed by atoms with Crippen LogP contribution >= 0.6 is 11.8 Å². The van der Waals surface area contributed by atoms with Crippen LogP contribution < -0.4 is 14.8 Å². The fourth-order valence-corrected chi connectivity index (χ4v) is 12.3. The van der Waals surface area contributed by atoms with Gasteiger partial charge in [-0.2, -0.15) is 17.0 Å². The lowest BCUT2D eigenvalue weighted by Crippen LogP contribution is -2.74. The second-order valence-electron chi connectivity index (χ2n) is 19.0. The Kier molecular flexibility index (Phi) is 13.1. The molecule has 3 fully saturated rings. The van der Waals surface area contributed by atoms with Gasteiger partial charge in [0.1, 0.15) is 17.9 Å². The number of aryl methyl sites for hydroxylation is 1. The summed E-state index contributed by atoms with van der Waals surface area (Å²) in [5, 5.41) is 27.4. The Balaban J connectivity index is 1.09. The van der Waals surface area contributed by atoms with Crippen molar-refractivity contribution in [3.63, 3.8) is 0 Å². The molecule has 6 aliphatic rings. The highest BCUT2D eigenvalue weighted by Gasteiger charge is 2.64. The largest absolute Gasteiger partial charge is 0.493 e. The molecule has 0 spiro atoms. The van der Waals surface area contributed by atoms with E-state index in [9.17, 15) is 20.0 Å². The van der Waals surface area contributed by atoms with E-state index in [4.69, 9.17) is 37.9 Å². The molecule has 4 heterocycles. The van der Waals surface area contributed by atoms with Crippen LogP contribution in [0.2, 0.25) is 0 Å². The van der Waals surface area contributed by atoms with E-state index in [1.165, 1.54) is 22.3 Å². The van der Waals surface area contributed by atoms with Crippen molar-refractivity contribution in [2.75, 3.05) is 66.2 Å². The van der Waals surface area contributed by atoms with E-state index in [-0.39, 0.29) is 61.2 Å². The van der Waals surface area contributed by atoms with E-state index in [1.807, 2.05) is 14.0 Å². The summed E-state index contributed by atoms with van der Waals surface area (Å²) >= 11 is 1.64. The van der Waals surface area contributed by atoms with Crippen molar-refractivity contribution in [2.45, 2.75) is 101 Å². The summed E-state index contributed by atoms with van der Waals surface area (Å²) in [7, 11) is 5.18. The Hall–Kier alpha value is -5.12. The summed E-state index contributed by atoms with van der Waals surface area (Å²) in [5.41, 5.74) is 5.28. The first-order valence-electron chi connectivity index (χ1n) is 22.8. The van der Waals surface area contributed by atoms with Crippen molar-refractivity contribution < 1.29 is 52.6 Å². The fourth-order valence-electron chi connectivity index (χ4n) is 11.2. The standard InChI is InChI=1S/C51H60N4O11S/c1-28-19-30-20-36-38(22-52)55-37(43(54(36)6)41(30)46(44(28)60-8)63-26-61-18-17-59-7)21-51(58)42(47-45(64-27-65-47)29(2)48(51)56)39(55)23-62-40(53-49(57)66-50(3,4)5)25-67-24-35-33-15-11-9-13-31(33)32-14-10-12-16-34(32)35/h9-16,19,35-40,43,58H,17-18,20-21,23-27H2,1-8H3,(H,53,57)/t36-,37?,38-,39-,40?,43-,51?/m0/s1. The van der Waals surface area contributed by atoms with E-state index in [0.717, 1.165) is 16.7 Å². The number of carbonyl (C=O) groups is 2. The Morgan fingerprint density at radius 3 is 2.40 bits per heavy atom. The second kappa shape index (κ2) is 18.8. The highest BCUT2D eigenvalue weighted by Crippen LogP contribution is 2.57. The molecule has 356 valence electrons. The lowest BCUT2D eigenvalue weighted by atomic mass is 9.65. The summed E-state index contributed by atoms with van der Waals surface area (Å²) in [6.45, 7) is 9.33. The molecule has 0 aromatic heterocycles. The SMILES string of the molecule is COCCOCOc1c(OC)c(C)cc2c1[C@@H]1C3CC4(O)C(=O)C(C)=C5OCOC5=C4[C@H](COC(CSCC4c5ccccc5-c5ccccc54)NC(=O)OC(C)(C)C)N3[C@@H](C#N)[C@H](C2)N1C. The number of rotatable bonds is 15. The molecule has 0 saturated carbocycles. The van der Waals surface area contributed by atoms with Crippen LogP contribution in [0.1, 0.15) is 73.9 Å². The number of amides is 1. The average Bonchev–Trinajstić information content (AvgIpc) is 3.90. The Morgan fingerprint density at radius 2 is 1.73 bits per heavy atom. The summed E-state index contributed by atoms with van der Waals surface area (Å²) < 4.78 is 48.1. The number of Topliss-reactive ketones (excluding diaryl/α,β-unsaturated/α-hetero) is 1. The van der Waals surface area contributed by atoms with E-state index in [2.05, 4.69) is 75.8 Å². The van der Waals surface area contributed by atoms with Crippen molar-refractivity contribution >= 4 is 23.6 Å². The van der Waals surface area contributed by atoms with Gasteiger partial charge in [-0.3, -0.25) is 19.9 Å². The number of ether oxygens (including phenoxy) is 8. The van der Waals surface area contributed by atoms with Gasteiger partial charge >= 0.3 is 6.09 Å². The Bertz CT molecular complexity index is 2490. The van der Waals surface area contributed by atoms with E-state index >= 15 is 0 Å². The lowest BCUT2D eigenvalue weighted by Gasteiger charge is -2.62. The first-order valence-corrected chi connectivity index (χ1v) is 24.0. The summed E-state index contributed by atoms with van der Waals surface area (Å²) in [5.74, 6) is 2.24. The molecule has 67 heavy (non-hydrogen) atoms. The minimum Gasteiger partial charge on any atom is -0.493 e. The van der Waals surface area contributed by atoms with Gasteiger partial charge < -0.3 is 43.0 Å². The van der Waals surface area contributed by atoms with Gasteiger partial charge in [-0.05, 0) is 81.5 Å². The lowest BCUT2D eigenvalue weighted by molar-refractivity contribution is -0.153. The maximum absolute atomic E-state index is 14.7. The highest BCUT2D eigenvalue weighted by molar-refractivity contribution is 7.99. The molecule has 4 aliphatic heterocycles. The van der Waals surface area contributed by atoms with Crippen molar-refractivity contribution in [1.29, 1.82) is 5.26 Å². The summed E-state index contributed by atoms with van der Waals surface area (Å²) in [4.78, 5) is 32.6. The van der Waals surface area contributed by atoms with Crippen molar-refractivity contribution in [2.24, 2.45) is 0 Å². The molecule has 3 aromatic carbocycles. The van der Waals surface area contributed by atoms with Gasteiger partial charge in [0.25, 0.3) is 0 Å². The predicted molar refractivity (Wildman–Crippen MR) is 249 cm³/mol. The number of aliphatic hydroxyl groups is 1. The number of nitriles is 1. The number of hydrogen-bond donors (Lipinski definition) is 2. The van der Waals surface area contributed by atoms with Crippen molar-refractivity contribution in [3.05, 3.63) is 105 Å². The first-order chi connectivity index (χ1) is 32.2. The van der Waals surface area contributed by atoms with Gasteiger partial charge in [-0.25, -0.2) is 4.79 Å². The minimum absolute atomic E-state index is 0.0752. The van der Waals surface area contributed by atoms with Crippen LogP contribution in [0, 0.1) is 18.3 Å². The van der Waals surface area contributed by atoms with Crippen LogP contribution in [0.5, 0.6) is 11.5 Å². The zero-order chi connectivity index (χ0) is 47.4. The molecule has 0 radical (unpaired) electrons. The quantitative estimate of drug-likeness (QED) is 0.125. The fraction of sp³-hybridized carbons (Fsp3) is 0.510. The topological polar surface area (TPSA) is 171 Å². The number of hydrogen-bond acceptors (Lipinski definition) is 15. The third-order valence-electron chi connectivity index (χ3n) is 13.9. The average molecular weight is 937 g/mol. The molecule has 15 nitrogen and oxygen atoms in total. The molecule has 16 heteroatoms. The van der Waals surface area contributed by atoms with Crippen LogP contribution in [-0.4, -0.2) is 135 Å². The van der Waals surface area contributed by atoms with Gasteiger partial charge in [0.05, 0.1) is 45.1 Å². The number of piperazine rings is 1. The zero-order valence-corrected chi connectivity index (χ0v) is 40.2. The summed E-state index contributed by atoms with van der Waals surface area (Å²) in [6.07, 6.45) is -1.12. The van der Waals surface area contributed by atoms with Gasteiger partial charge in [-0.1, -0.05) is 54.6 Å². The molecular weight excluding hydrogens is 877 g/mol. The number of methoxy groups -OCH3 is 2. The normalized spacial score (nSPS) is 25.7. The van der Waals surface area contributed by atoms with Gasteiger partial charge in [0.2, 0.25) is 6.79 Å². The third kappa shape index (κ3) is 8.36. The van der Waals surface area contributed by atoms with Crippen molar-refractivity contribution in [3.8, 4) is 28.7 Å². The van der Waals surface area contributed by atoms with Gasteiger partial charge in [0, 0.05) is 59.7 Å². The van der Waals surface area contributed by atoms with E-state index in [1.54, 1.807) is 53.7 Å². The smallest absolute Gasteiger partial charge is 0.409 e. The van der Waals surface area contributed by atoms with Crippen LogP contribution in [0.3, 0.4) is 0 Å². The van der Waals surface area contributed by atoms with Crippen molar-refractivity contribution in [1.82, 2.24) is 15.1 Å². The van der Waals surface area contributed by atoms with Gasteiger partial charge in [-0.15, -0.1) is 0 Å². The van der Waals surface area contributed by atoms with Crippen LogP contribution in [0.4, 0.5) is 4.79 Å². The van der Waals surface area contributed by atoms with E-state index < -0.39 is 53.5 Å². The number of piperidine rings is 1. The molecule has 7 atom stereocenters. The Morgan fingerprint density at radius 1 is 1.03 bits per heavy atom. The number of fused-ring (bicyclic) bond motifs is 11. The number of likely N-dealkylation sites (N-methyl/N-ethyl adjacent to an activating group) is 1. The molecule has 3 saturated heterocycles. The molecule has 2 N–H and O–H groups in total. The van der Waals surface area contributed by atoms with Crippen LogP contribution in [-0.2, 0) is 39.6 Å². The number of nitrogens with one attached hydrogen (secondary N) is 1. The third-order valence-corrected chi connectivity index (χ3v) is 15.0. The molecule has 3 unspecified atom stereocenters. The monoisotopic (exact) mass is 936 g/mol. The molecule has 2 aliphatic carbocycles. The molecule has 1 amide bonds. The van der Waals surface area contributed by atoms with E-state index in [0.29, 0.717) is 42.6 Å². The maximum Gasteiger partial charge on any atom is 0.409 e. The maximum atomic E-state index is 14.7. The molecule has 2 bridgehead atoms. The first kappa shape index (κ1) is 47.0. The number of thioether (sulfide) groups is 1.